The van der Waals surface area contributed by atoms with Crippen LogP contribution in [0.25, 0.3) is 5.69 Å². The summed E-state index contributed by atoms with van der Waals surface area (Å²) >= 11 is 5.82. The maximum atomic E-state index is 11.6. The first-order chi connectivity index (χ1) is 9.52. The SMILES string of the molecule is CCCS(=O)(=O)NCc1nnnn1-c1ccc(Cl)cc1. The Hall–Kier alpha value is -1.51. The molecule has 0 aliphatic heterocycles. The van der Waals surface area contributed by atoms with E-state index >= 15 is 0 Å². The molecule has 20 heavy (non-hydrogen) atoms. The number of benzene rings is 1. The number of rotatable bonds is 6. The Kier molecular flexibility index (Phi) is 4.69. The van der Waals surface area contributed by atoms with Gasteiger partial charge in [0.15, 0.2) is 5.82 Å². The molecule has 9 heteroatoms. The molecule has 0 bridgehead atoms. The molecule has 0 atom stereocenters. The molecule has 1 aromatic heterocycles. The Morgan fingerprint density at radius 3 is 2.65 bits per heavy atom. The molecule has 0 saturated heterocycles. The lowest BCUT2D eigenvalue weighted by atomic mass is 10.3. The first kappa shape index (κ1) is 14.9. The summed E-state index contributed by atoms with van der Waals surface area (Å²) in [6, 6.07) is 6.93. The monoisotopic (exact) mass is 315 g/mol. The zero-order valence-corrected chi connectivity index (χ0v) is 12.4. The van der Waals surface area contributed by atoms with Gasteiger partial charge in [-0.15, -0.1) is 5.10 Å². The van der Waals surface area contributed by atoms with Crippen LogP contribution < -0.4 is 4.72 Å². The van der Waals surface area contributed by atoms with Crippen LogP contribution in [-0.2, 0) is 16.6 Å². The van der Waals surface area contributed by atoms with E-state index in [4.69, 9.17) is 11.6 Å². The lowest BCUT2D eigenvalue weighted by molar-refractivity contribution is 0.576. The Labute approximate surface area is 122 Å². The van der Waals surface area contributed by atoms with Gasteiger partial charge < -0.3 is 0 Å². The highest BCUT2D eigenvalue weighted by atomic mass is 35.5. The van der Waals surface area contributed by atoms with Gasteiger partial charge in [-0.25, -0.2) is 13.1 Å². The number of hydrogen-bond acceptors (Lipinski definition) is 5. The van der Waals surface area contributed by atoms with Crippen LogP contribution in [-0.4, -0.2) is 34.4 Å². The van der Waals surface area contributed by atoms with Crippen molar-refractivity contribution >= 4 is 21.6 Å². The van der Waals surface area contributed by atoms with Gasteiger partial charge in [-0.2, -0.15) is 4.68 Å². The van der Waals surface area contributed by atoms with Gasteiger partial charge in [-0.3, -0.25) is 0 Å². The van der Waals surface area contributed by atoms with Crippen molar-refractivity contribution in [1.29, 1.82) is 0 Å². The number of halogens is 1. The number of tetrazole rings is 1. The fraction of sp³-hybridized carbons (Fsp3) is 0.364. The smallest absolute Gasteiger partial charge is 0.211 e. The summed E-state index contributed by atoms with van der Waals surface area (Å²) in [6.45, 7) is 1.84. The highest BCUT2D eigenvalue weighted by Crippen LogP contribution is 2.13. The van der Waals surface area contributed by atoms with Crippen molar-refractivity contribution in [3.8, 4) is 5.69 Å². The van der Waals surface area contributed by atoms with Gasteiger partial charge in [-0.1, -0.05) is 18.5 Å². The van der Waals surface area contributed by atoms with E-state index in [2.05, 4.69) is 20.2 Å². The van der Waals surface area contributed by atoms with Gasteiger partial charge in [0.25, 0.3) is 0 Å². The lowest BCUT2D eigenvalue weighted by Crippen LogP contribution is -2.27. The van der Waals surface area contributed by atoms with Crippen molar-refractivity contribution in [3.63, 3.8) is 0 Å². The summed E-state index contributed by atoms with van der Waals surface area (Å²) in [6.07, 6.45) is 0.553. The molecule has 1 N–H and O–H groups in total. The van der Waals surface area contributed by atoms with Gasteiger partial charge in [-0.05, 0) is 41.1 Å². The van der Waals surface area contributed by atoms with Crippen LogP contribution in [0.2, 0.25) is 5.02 Å². The molecule has 0 radical (unpaired) electrons. The van der Waals surface area contributed by atoms with Crippen molar-refractivity contribution in [2.45, 2.75) is 19.9 Å². The Bertz CT molecular complexity index is 668. The second-order valence-electron chi connectivity index (χ2n) is 4.12. The lowest BCUT2D eigenvalue weighted by Gasteiger charge is -2.06. The first-order valence-electron chi connectivity index (χ1n) is 6.02. The second kappa shape index (κ2) is 6.29. The summed E-state index contributed by atoms with van der Waals surface area (Å²) in [5, 5.41) is 11.8. The van der Waals surface area contributed by atoms with Crippen molar-refractivity contribution in [3.05, 3.63) is 35.1 Å². The predicted molar refractivity (Wildman–Crippen MR) is 75.1 cm³/mol. The topological polar surface area (TPSA) is 89.8 Å². The van der Waals surface area contributed by atoms with Crippen LogP contribution in [0, 0.1) is 0 Å². The molecular formula is C11H14ClN5O2S. The summed E-state index contributed by atoms with van der Waals surface area (Å²) in [4.78, 5) is 0. The third kappa shape index (κ3) is 3.75. The highest BCUT2D eigenvalue weighted by Gasteiger charge is 2.13. The number of hydrogen-bond donors (Lipinski definition) is 1. The van der Waals surface area contributed by atoms with E-state index in [0.29, 0.717) is 23.0 Å². The fourth-order valence-corrected chi connectivity index (χ4v) is 2.77. The summed E-state index contributed by atoms with van der Waals surface area (Å²) in [5.41, 5.74) is 0.712. The molecule has 0 amide bonds. The van der Waals surface area contributed by atoms with Gasteiger partial charge in [0, 0.05) is 5.02 Å². The Morgan fingerprint density at radius 1 is 1.30 bits per heavy atom. The second-order valence-corrected chi connectivity index (χ2v) is 6.49. The van der Waals surface area contributed by atoms with Gasteiger partial charge in [0.05, 0.1) is 18.0 Å². The highest BCUT2D eigenvalue weighted by molar-refractivity contribution is 7.89. The zero-order valence-electron chi connectivity index (χ0n) is 10.8. The number of sulfonamides is 1. The molecule has 7 nitrogen and oxygen atoms in total. The minimum absolute atomic E-state index is 0.0396. The van der Waals surface area contributed by atoms with Crippen LogP contribution in [0.1, 0.15) is 19.2 Å². The van der Waals surface area contributed by atoms with E-state index in [9.17, 15) is 8.42 Å². The third-order valence-corrected chi connectivity index (χ3v) is 4.31. The molecule has 0 aliphatic carbocycles. The van der Waals surface area contributed by atoms with E-state index in [-0.39, 0.29) is 12.3 Å². The molecule has 108 valence electrons. The summed E-state index contributed by atoms with van der Waals surface area (Å²) < 4.78 is 27.2. The van der Waals surface area contributed by atoms with E-state index < -0.39 is 10.0 Å². The van der Waals surface area contributed by atoms with E-state index in [1.54, 1.807) is 31.2 Å². The van der Waals surface area contributed by atoms with Crippen LogP contribution >= 0.6 is 11.6 Å². The normalized spacial score (nSPS) is 11.7. The molecule has 2 rings (SSSR count). The zero-order chi connectivity index (χ0) is 14.6. The average molecular weight is 316 g/mol. The molecule has 0 aliphatic rings. The largest absolute Gasteiger partial charge is 0.212 e. The quantitative estimate of drug-likeness (QED) is 0.863. The summed E-state index contributed by atoms with van der Waals surface area (Å²) in [7, 11) is -3.29. The van der Waals surface area contributed by atoms with Gasteiger partial charge in [0.2, 0.25) is 10.0 Å². The molecule has 0 saturated carbocycles. The maximum Gasteiger partial charge on any atom is 0.211 e. The fourth-order valence-electron chi connectivity index (χ4n) is 1.61. The Balaban J connectivity index is 2.15. The van der Waals surface area contributed by atoms with Crippen LogP contribution in [0.4, 0.5) is 0 Å². The molecule has 0 unspecified atom stereocenters. The third-order valence-electron chi connectivity index (χ3n) is 2.53. The van der Waals surface area contributed by atoms with Crippen molar-refractivity contribution < 1.29 is 8.42 Å². The Morgan fingerprint density at radius 2 is 2.00 bits per heavy atom. The van der Waals surface area contributed by atoms with Gasteiger partial charge >= 0.3 is 0 Å². The average Bonchev–Trinajstić information content (AvgIpc) is 2.86. The minimum atomic E-state index is -3.29. The number of nitrogens with one attached hydrogen (secondary N) is 1. The van der Waals surface area contributed by atoms with Crippen LogP contribution in [0.3, 0.4) is 0 Å². The van der Waals surface area contributed by atoms with Crippen molar-refractivity contribution in [2.24, 2.45) is 0 Å². The van der Waals surface area contributed by atoms with Crippen molar-refractivity contribution in [1.82, 2.24) is 24.9 Å². The predicted octanol–water partition coefficient (Wildman–Crippen LogP) is 1.15. The molecule has 2 aromatic rings. The molecule has 0 spiro atoms. The van der Waals surface area contributed by atoms with E-state index in [1.165, 1.54) is 4.68 Å². The van der Waals surface area contributed by atoms with E-state index in [0.717, 1.165) is 0 Å². The summed E-state index contributed by atoms with van der Waals surface area (Å²) in [5.74, 6) is 0.488. The van der Waals surface area contributed by atoms with Crippen molar-refractivity contribution in [2.75, 3.05) is 5.75 Å². The molecule has 0 fully saturated rings. The van der Waals surface area contributed by atoms with Gasteiger partial charge in [0.1, 0.15) is 0 Å². The maximum absolute atomic E-state index is 11.6. The first-order valence-corrected chi connectivity index (χ1v) is 8.05. The van der Waals surface area contributed by atoms with E-state index in [1.807, 2.05) is 0 Å². The van der Waals surface area contributed by atoms with Crippen LogP contribution in [0.15, 0.2) is 24.3 Å². The van der Waals surface area contributed by atoms with Crippen LogP contribution in [0.5, 0.6) is 0 Å². The standard InChI is InChI=1S/C11H14ClN5O2S/c1-2-7-20(18,19)13-8-11-14-15-16-17(11)10-5-3-9(12)4-6-10/h3-6,13H,2,7-8H2,1H3. The number of nitrogens with zero attached hydrogens (tertiary/aromatic N) is 4. The molecular weight excluding hydrogens is 302 g/mol. The molecule has 1 aromatic carbocycles. The number of aromatic nitrogens is 4. The molecule has 1 heterocycles. The minimum Gasteiger partial charge on any atom is -0.212 e.